The second kappa shape index (κ2) is 6.18. The molecule has 0 amide bonds. The fraction of sp³-hybridized carbons (Fsp3) is 0.571. The van der Waals surface area contributed by atoms with Crippen molar-refractivity contribution in [2.24, 2.45) is 5.92 Å². The molecule has 0 bridgehead atoms. The van der Waals surface area contributed by atoms with Crippen LogP contribution in [0.1, 0.15) is 26.7 Å². The van der Waals surface area contributed by atoms with E-state index in [9.17, 15) is 8.78 Å². The molecular weight excluding hydrogens is 316 g/mol. The van der Waals surface area contributed by atoms with Gasteiger partial charge in [0, 0.05) is 18.7 Å². The quantitative estimate of drug-likeness (QED) is 0.830. The molecule has 2 atom stereocenters. The molecule has 1 heterocycles. The van der Waals surface area contributed by atoms with Crippen LogP contribution in [0, 0.1) is 17.6 Å². The van der Waals surface area contributed by atoms with Crippen LogP contribution in [0.25, 0.3) is 0 Å². The first-order valence-electron chi connectivity index (χ1n) is 6.50. The van der Waals surface area contributed by atoms with Crippen LogP contribution in [0.5, 0.6) is 0 Å². The van der Waals surface area contributed by atoms with Crippen molar-refractivity contribution in [3.05, 3.63) is 28.2 Å². The van der Waals surface area contributed by atoms with E-state index in [1.54, 1.807) is 0 Å². The van der Waals surface area contributed by atoms with E-state index >= 15 is 0 Å². The predicted molar refractivity (Wildman–Crippen MR) is 75.3 cm³/mol. The minimum absolute atomic E-state index is 0.160. The summed E-state index contributed by atoms with van der Waals surface area (Å²) in [4.78, 5) is 0. The van der Waals surface area contributed by atoms with Crippen molar-refractivity contribution in [2.45, 2.75) is 38.8 Å². The van der Waals surface area contributed by atoms with E-state index in [0.29, 0.717) is 18.2 Å². The molecule has 2 unspecified atom stereocenters. The first-order chi connectivity index (χ1) is 8.97. The minimum atomic E-state index is -0.588. The molecule has 1 fully saturated rings. The standard InChI is InChI=1S/C14H18BrF2NO/c1-8(2)14-5-9(3-4-19-14)18-13-6-10(15)11(16)7-12(13)17/h6-9,14,18H,3-5H2,1-2H3. The molecule has 0 spiro atoms. The van der Waals surface area contributed by atoms with Crippen molar-refractivity contribution in [2.75, 3.05) is 11.9 Å². The highest BCUT2D eigenvalue weighted by Crippen LogP contribution is 2.27. The molecule has 2 rings (SSSR count). The van der Waals surface area contributed by atoms with Crippen molar-refractivity contribution in [1.82, 2.24) is 0 Å². The summed E-state index contributed by atoms with van der Waals surface area (Å²) in [6, 6.07) is 2.50. The fourth-order valence-electron chi connectivity index (χ4n) is 2.28. The van der Waals surface area contributed by atoms with Crippen LogP contribution in [0.4, 0.5) is 14.5 Å². The second-order valence-electron chi connectivity index (χ2n) is 5.27. The van der Waals surface area contributed by atoms with E-state index in [1.165, 1.54) is 6.07 Å². The van der Waals surface area contributed by atoms with E-state index in [1.807, 2.05) is 0 Å². The van der Waals surface area contributed by atoms with Gasteiger partial charge in [-0.3, -0.25) is 0 Å². The summed E-state index contributed by atoms with van der Waals surface area (Å²) in [7, 11) is 0. The molecule has 106 valence electrons. The van der Waals surface area contributed by atoms with Gasteiger partial charge in [0.1, 0.15) is 11.6 Å². The number of halogens is 3. The van der Waals surface area contributed by atoms with Crippen LogP contribution in [-0.2, 0) is 4.74 Å². The zero-order chi connectivity index (χ0) is 14.0. The van der Waals surface area contributed by atoms with Gasteiger partial charge in [0.2, 0.25) is 0 Å². The maximum absolute atomic E-state index is 13.7. The lowest BCUT2D eigenvalue weighted by Crippen LogP contribution is -2.36. The zero-order valence-electron chi connectivity index (χ0n) is 11.1. The predicted octanol–water partition coefficient (Wildman–Crippen LogP) is 4.34. The summed E-state index contributed by atoms with van der Waals surface area (Å²) in [5.74, 6) is -0.710. The number of rotatable bonds is 3. The Balaban J connectivity index is 2.06. The van der Waals surface area contributed by atoms with Crippen LogP contribution >= 0.6 is 15.9 Å². The third kappa shape index (κ3) is 3.66. The molecule has 1 aromatic carbocycles. The summed E-state index contributed by atoms with van der Waals surface area (Å²) < 4.78 is 32.8. The molecule has 1 aromatic rings. The van der Waals surface area contributed by atoms with Gasteiger partial charge in [0.15, 0.2) is 0 Å². The third-order valence-electron chi connectivity index (χ3n) is 3.43. The van der Waals surface area contributed by atoms with Crippen molar-refractivity contribution >= 4 is 21.6 Å². The van der Waals surface area contributed by atoms with E-state index in [2.05, 4.69) is 35.1 Å². The van der Waals surface area contributed by atoms with E-state index in [-0.39, 0.29) is 16.6 Å². The Morgan fingerprint density at radius 1 is 1.32 bits per heavy atom. The largest absolute Gasteiger partial charge is 0.380 e. The Morgan fingerprint density at radius 2 is 2.05 bits per heavy atom. The number of anilines is 1. The Hall–Kier alpha value is -0.680. The zero-order valence-corrected chi connectivity index (χ0v) is 12.6. The van der Waals surface area contributed by atoms with Gasteiger partial charge in [-0.05, 0) is 40.8 Å². The summed E-state index contributed by atoms with van der Waals surface area (Å²) >= 11 is 3.07. The van der Waals surface area contributed by atoms with Crippen molar-refractivity contribution in [3.8, 4) is 0 Å². The van der Waals surface area contributed by atoms with Crippen LogP contribution in [0.2, 0.25) is 0 Å². The molecular formula is C14H18BrF2NO. The van der Waals surface area contributed by atoms with Crippen molar-refractivity contribution in [3.63, 3.8) is 0 Å². The molecule has 1 saturated heterocycles. The third-order valence-corrected chi connectivity index (χ3v) is 4.04. The van der Waals surface area contributed by atoms with Gasteiger partial charge < -0.3 is 10.1 Å². The van der Waals surface area contributed by atoms with Gasteiger partial charge >= 0.3 is 0 Å². The van der Waals surface area contributed by atoms with E-state index in [0.717, 1.165) is 18.9 Å². The molecule has 1 N–H and O–H groups in total. The fourth-order valence-corrected chi connectivity index (χ4v) is 2.62. The van der Waals surface area contributed by atoms with Crippen LogP contribution in [-0.4, -0.2) is 18.8 Å². The average molecular weight is 334 g/mol. The molecule has 0 saturated carbocycles. The minimum Gasteiger partial charge on any atom is -0.380 e. The summed E-state index contributed by atoms with van der Waals surface area (Å²) in [5, 5.41) is 3.15. The average Bonchev–Trinajstić information content (AvgIpc) is 2.36. The highest BCUT2D eigenvalue weighted by Gasteiger charge is 2.25. The summed E-state index contributed by atoms with van der Waals surface area (Å²) in [6.07, 6.45) is 1.86. The molecule has 1 aliphatic rings. The maximum atomic E-state index is 13.7. The lowest BCUT2D eigenvalue weighted by molar-refractivity contribution is -0.0161. The number of hydrogen-bond donors (Lipinski definition) is 1. The van der Waals surface area contributed by atoms with Crippen LogP contribution in [0.15, 0.2) is 16.6 Å². The number of benzene rings is 1. The molecule has 0 aromatic heterocycles. The lowest BCUT2D eigenvalue weighted by atomic mass is 9.95. The SMILES string of the molecule is CC(C)C1CC(Nc2cc(Br)c(F)cc2F)CCO1. The second-order valence-corrected chi connectivity index (χ2v) is 6.12. The number of nitrogens with one attached hydrogen (secondary N) is 1. The van der Waals surface area contributed by atoms with Gasteiger partial charge in [-0.1, -0.05) is 13.8 Å². The maximum Gasteiger partial charge on any atom is 0.149 e. The molecule has 0 aliphatic carbocycles. The smallest absolute Gasteiger partial charge is 0.149 e. The topological polar surface area (TPSA) is 21.3 Å². The molecule has 19 heavy (non-hydrogen) atoms. The Morgan fingerprint density at radius 3 is 2.74 bits per heavy atom. The molecule has 5 heteroatoms. The van der Waals surface area contributed by atoms with Gasteiger partial charge in [0.25, 0.3) is 0 Å². The normalized spacial score (nSPS) is 23.7. The van der Waals surface area contributed by atoms with Gasteiger partial charge in [-0.15, -0.1) is 0 Å². The summed E-state index contributed by atoms with van der Waals surface area (Å²) in [5.41, 5.74) is 0.336. The highest BCUT2D eigenvalue weighted by atomic mass is 79.9. The first kappa shape index (κ1) is 14.7. The van der Waals surface area contributed by atoms with E-state index < -0.39 is 11.6 Å². The Bertz CT molecular complexity index is 453. The molecule has 2 nitrogen and oxygen atoms in total. The van der Waals surface area contributed by atoms with Gasteiger partial charge in [-0.2, -0.15) is 0 Å². The Kier molecular flexibility index (Phi) is 4.79. The van der Waals surface area contributed by atoms with Gasteiger partial charge in [0.05, 0.1) is 16.3 Å². The Labute approximate surface area is 120 Å². The van der Waals surface area contributed by atoms with Crippen LogP contribution in [0.3, 0.4) is 0 Å². The van der Waals surface area contributed by atoms with Crippen molar-refractivity contribution in [1.29, 1.82) is 0 Å². The molecule has 0 radical (unpaired) electrons. The summed E-state index contributed by atoms with van der Waals surface area (Å²) in [6.45, 7) is 4.90. The monoisotopic (exact) mass is 333 g/mol. The van der Waals surface area contributed by atoms with Crippen molar-refractivity contribution < 1.29 is 13.5 Å². The van der Waals surface area contributed by atoms with Crippen LogP contribution < -0.4 is 5.32 Å². The van der Waals surface area contributed by atoms with Gasteiger partial charge in [-0.25, -0.2) is 8.78 Å². The first-order valence-corrected chi connectivity index (χ1v) is 7.29. The number of hydrogen-bond acceptors (Lipinski definition) is 2. The number of ether oxygens (including phenoxy) is 1. The lowest BCUT2D eigenvalue weighted by Gasteiger charge is -2.33. The van der Waals surface area contributed by atoms with E-state index in [4.69, 9.17) is 4.74 Å². The highest BCUT2D eigenvalue weighted by molar-refractivity contribution is 9.10. The molecule has 1 aliphatic heterocycles.